The Balaban J connectivity index is 0.000000153. The zero-order valence-electron chi connectivity index (χ0n) is 39.1. The van der Waals surface area contributed by atoms with Crippen molar-refractivity contribution in [2.24, 2.45) is 0 Å². The van der Waals surface area contributed by atoms with Gasteiger partial charge in [0.1, 0.15) is 0 Å². The number of nitrogens with zero attached hydrogens (tertiary/aromatic N) is 4. The fourth-order valence-corrected chi connectivity index (χ4v) is 13.4. The second-order valence-corrected chi connectivity index (χ2v) is 21.9. The number of hydrogen-bond donors (Lipinski definition) is 2. The minimum atomic E-state index is -1.44. The Bertz CT molecular complexity index is 4150. The van der Waals surface area contributed by atoms with Gasteiger partial charge in [-0.2, -0.15) is 0 Å². The molecule has 5 heterocycles. The molecule has 14 rings (SSSR count). The van der Waals surface area contributed by atoms with Gasteiger partial charge in [0.05, 0.1) is 4.47 Å². The summed E-state index contributed by atoms with van der Waals surface area (Å²) in [4.78, 5) is 17.0. The molecule has 0 saturated carbocycles. The van der Waals surface area contributed by atoms with Gasteiger partial charge < -0.3 is 10.0 Å². The molecule has 354 valence electrons. The van der Waals surface area contributed by atoms with Gasteiger partial charge in [0.2, 0.25) is 5.28 Å². The molecule has 9 aromatic carbocycles. The van der Waals surface area contributed by atoms with Gasteiger partial charge >= 0.3 is 7.12 Å². The molecule has 12 heteroatoms. The highest BCUT2D eigenvalue weighted by Crippen LogP contribution is 2.43. The molecule has 0 saturated heterocycles. The van der Waals surface area contributed by atoms with E-state index in [1.165, 1.54) is 82.8 Å². The van der Waals surface area contributed by atoms with Crippen molar-refractivity contribution in [1.82, 2.24) is 19.9 Å². The molecule has 2 N–H and O–H groups in total. The van der Waals surface area contributed by atoms with E-state index < -0.39 is 7.12 Å². The summed E-state index contributed by atoms with van der Waals surface area (Å²) in [5.41, 5.74) is 10.6. The van der Waals surface area contributed by atoms with Crippen LogP contribution >= 0.6 is 61.5 Å². The van der Waals surface area contributed by atoms with E-state index in [2.05, 4.69) is 202 Å². The van der Waals surface area contributed by atoms with Crippen LogP contribution < -0.4 is 5.46 Å². The van der Waals surface area contributed by atoms with Crippen LogP contribution in [0.15, 0.2) is 229 Å². The summed E-state index contributed by atoms with van der Waals surface area (Å²) in [5, 5.41) is 26.8. The Labute approximate surface area is 451 Å². The van der Waals surface area contributed by atoms with Gasteiger partial charge in [0, 0.05) is 96.4 Å². The molecule has 0 unspecified atom stereocenters. The second-order valence-electron chi connectivity index (χ2n) is 17.5. The predicted octanol–water partition coefficient (Wildman–Crippen LogP) is 17.2. The van der Waals surface area contributed by atoms with E-state index in [1.807, 2.05) is 53.3 Å². The molecule has 0 bridgehead atoms. The van der Waals surface area contributed by atoms with E-state index in [4.69, 9.17) is 21.6 Å². The Hall–Kier alpha value is -7.45. The third-order valence-electron chi connectivity index (χ3n) is 12.9. The van der Waals surface area contributed by atoms with Crippen LogP contribution in [0.3, 0.4) is 0 Å². The first kappa shape index (κ1) is 47.6. The lowest BCUT2D eigenvalue weighted by Gasteiger charge is -2.09. The van der Waals surface area contributed by atoms with Crippen LogP contribution in [0.2, 0.25) is 5.28 Å². The maximum absolute atomic E-state index is 9.38. The van der Waals surface area contributed by atoms with E-state index in [1.54, 1.807) is 29.8 Å². The van der Waals surface area contributed by atoms with Gasteiger partial charge in [-0.1, -0.05) is 170 Å². The van der Waals surface area contributed by atoms with Crippen LogP contribution in [0, 0.1) is 0 Å². The third kappa shape index (κ3) is 9.51. The summed E-state index contributed by atoms with van der Waals surface area (Å²) in [7, 11) is -1.44. The van der Waals surface area contributed by atoms with Gasteiger partial charge in [-0.15, -0.1) is 34.0 Å². The molecule has 0 fully saturated rings. The highest BCUT2D eigenvalue weighted by molar-refractivity contribution is 9.10. The van der Waals surface area contributed by atoms with E-state index >= 15 is 0 Å². The van der Waals surface area contributed by atoms with Gasteiger partial charge in [0.25, 0.3) is 0 Å². The first-order valence-electron chi connectivity index (χ1n) is 23.7. The van der Waals surface area contributed by atoms with E-state index in [0.29, 0.717) is 5.46 Å². The lowest BCUT2D eigenvalue weighted by Crippen LogP contribution is -2.29. The van der Waals surface area contributed by atoms with Crippen molar-refractivity contribution in [3.63, 3.8) is 0 Å². The van der Waals surface area contributed by atoms with Crippen LogP contribution in [0.1, 0.15) is 0 Å². The monoisotopic (exact) mass is 1090 g/mol. The zero-order chi connectivity index (χ0) is 50.1. The molecule has 0 aliphatic heterocycles. The second kappa shape index (κ2) is 20.8. The minimum Gasteiger partial charge on any atom is -0.423 e. The van der Waals surface area contributed by atoms with Gasteiger partial charge in [-0.05, 0) is 102 Å². The molecule has 6 nitrogen and oxygen atoms in total. The van der Waals surface area contributed by atoms with E-state index in [9.17, 15) is 10.0 Å². The smallest absolute Gasteiger partial charge is 0.423 e. The number of halogens is 2. The van der Waals surface area contributed by atoms with Gasteiger partial charge in [-0.3, -0.25) is 0 Å². The fraction of sp³-hybridized carbons (Fsp3) is 0. The van der Waals surface area contributed by atoms with Crippen molar-refractivity contribution >= 4 is 135 Å². The van der Waals surface area contributed by atoms with Crippen LogP contribution in [0.4, 0.5) is 0 Å². The van der Waals surface area contributed by atoms with Crippen molar-refractivity contribution in [1.29, 1.82) is 0 Å². The Morgan fingerprint density at radius 1 is 0.365 bits per heavy atom. The van der Waals surface area contributed by atoms with Crippen molar-refractivity contribution in [2.75, 3.05) is 0 Å². The van der Waals surface area contributed by atoms with Gasteiger partial charge in [-0.25, -0.2) is 19.9 Å². The molecule has 0 aliphatic rings. The normalized spacial score (nSPS) is 11.2. The number of benzene rings is 9. The van der Waals surface area contributed by atoms with Crippen molar-refractivity contribution in [3.05, 3.63) is 235 Å². The minimum absolute atomic E-state index is 0.271. The maximum Gasteiger partial charge on any atom is 0.488 e. The quantitative estimate of drug-likeness (QED) is 0.127. The number of aromatic nitrogens is 4. The van der Waals surface area contributed by atoms with E-state index in [0.717, 1.165) is 38.1 Å². The highest BCUT2D eigenvalue weighted by Gasteiger charge is 2.16. The Morgan fingerprint density at radius 2 is 0.743 bits per heavy atom. The number of thiophene rings is 3. The fourth-order valence-electron chi connectivity index (χ4n) is 9.41. The van der Waals surface area contributed by atoms with Gasteiger partial charge in [0.15, 0.2) is 5.82 Å². The molecule has 14 aromatic rings. The SMILES string of the molecule is Clc1ncc(Br)cn1.OB(O)c1cccc(-c2cccc3c2sc2ccccc23)c1.c1cc(-c2cnc(-c3cccc(-c4cccc5c4sc4ccccc45)c3)nc2)cc(-c2cccc3c2sc2ccccc23)c1. The molecular formula is C62H39BBrClN4O2S3. The summed E-state index contributed by atoms with van der Waals surface area (Å²) >= 11 is 14.0. The molecule has 0 radical (unpaired) electrons. The maximum atomic E-state index is 9.38. The number of fused-ring (bicyclic) bond motifs is 9. The van der Waals surface area contributed by atoms with E-state index in [-0.39, 0.29) is 5.28 Å². The molecule has 0 atom stereocenters. The van der Waals surface area contributed by atoms with Crippen LogP contribution in [-0.4, -0.2) is 37.1 Å². The molecule has 0 spiro atoms. The summed E-state index contributed by atoms with van der Waals surface area (Å²) in [6.45, 7) is 0. The molecular weight excluding hydrogens is 1060 g/mol. The van der Waals surface area contributed by atoms with Crippen molar-refractivity contribution < 1.29 is 10.0 Å². The molecule has 0 aliphatic carbocycles. The summed E-state index contributed by atoms with van der Waals surface area (Å²) in [5.74, 6) is 0.727. The largest absolute Gasteiger partial charge is 0.488 e. The van der Waals surface area contributed by atoms with Crippen LogP contribution in [0.25, 0.3) is 116 Å². The topological polar surface area (TPSA) is 92.0 Å². The van der Waals surface area contributed by atoms with Crippen LogP contribution in [0.5, 0.6) is 0 Å². The summed E-state index contributed by atoms with van der Waals surface area (Å²) < 4.78 is 8.60. The average molecular weight is 1090 g/mol. The van der Waals surface area contributed by atoms with Crippen molar-refractivity contribution in [3.8, 4) is 55.9 Å². The Kier molecular flexibility index (Phi) is 13.4. The standard InChI is InChI=1S/C40H24N2S2.C18H13BO2S.C4H2BrClN2/c1-3-19-36-32(13-1)34-17-7-15-30(38(34)43-36)26-10-5-9-25(21-26)29-23-41-40(42-24-29)28-12-6-11-27(22-28)31-16-8-18-35-33-14-2-4-20-37(33)44-39(31)35;20-19(21)13-6-3-5-12(11-13)14-8-4-9-16-15-7-1-2-10-17(15)22-18(14)16;5-3-1-7-4(6)8-2-3/h1-24H;1-11,20-21H;1-2H. The lowest BCUT2D eigenvalue weighted by molar-refractivity contribution is 0.426. The molecule has 0 amide bonds. The third-order valence-corrected chi connectivity index (χ3v) is 17.2. The summed E-state index contributed by atoms with van der Waals surface area (Å²) in [6.07, 6.45) is 7.08. The molecule has 74 heavy (non-hydrogen) atoms. The number of rotatable bonds is 6. The number of hydrogen-bond acceptors (Lipinski definition) is 9. The van der Waals surface area contributed by atoms with Crippen LogP contribution in [-0.2, 0) is 0 Å². The first-order valence-corrected chi connectivity index (χ1v) is 27.3. The first-order chi connectivity index (χ1) is 36.3. The summed E-state index contributed by atoms with van der Waals surface area (Å²) in [6, 6.07) is 69.9. The highest BCUT2D eigenvalue weighted by atomic mass is 79.9. The lowest BCUT2D eigenvalue weighted by atomic mass is 9.79. The molecule has 5 aromatic heterocycles. The average Bonchev–Trinajstić information content (AvgIpc) is 4.16. The predicted molar refractivity (Wildman–Crippen MR) is 319 cm³/mol. The zero-order valence-corrected chi connectivity index (χ0v) is 43.9. The van der Waals surface area contributed by atoms with Crippen molar-refractivity contribution in [2.45, 2.75) is 0 Å². The Morgan fingerprint density at radius 3 is 1.20 bits per heavy atom.